The summed E-state index contributed by atoms with van der Waals surface area (Å²) >= 11 is 8.66. The molecule has 0 radical (unpaired) electrons. The quantitative estimate of drug-likeness (QED) is 0.778. The van der Waals surface area contributed by atoms with Gasteiger partial charge in [0.1, 0.15) is 0 Å². The molecule has 0 amide bonds. The Morgan fingerprint density at radius 2 is 2.35 bits per heavy atom. The predicted molar refractivity (Wildman–Crippen MR) is 79.2 cm³/mol. The van der Waals surface area contributed by atoms with Crippen LogP contribution in [-0.4, -0.2) is 31.4 Å². The zero-order valence-electron chi connectivity index (χ0n) is 10.1. The molecule has 1 spiro atoms. The molecular weight excluding hydrogens is 272 g/mol. The standard InChI is InChI=1S/C12H20O2S3/c1-2-11(7-15)8-16-12(17-11)4-3-9(6-12)5-10(13)14/h9,15H,2-8H2,1H3,(H,13,14). The molecule has 2 nitrogen and oxygen atoms in total. The number of carboxylic acid groups (broad SMARTS) is 1. The fraction of sp³-hybridized carbons (Fsp3) is 0.917. The van der Waals surface area contributed by atoms with Crippen LogP contribution in [0.5, 0.6) is 0 Å². The van der Waals surface area contributed by atoms with Gasteiger partial charge in [-0.3, -0.25) is 4.79 Å². The lowest BCUT2D eigenvalue weighted by molar-refractivity contribution is -0.138. The number of carbonyl (C=O) groups is 1. The van der Waals surface area contributed by atoms with Gasteiger partial charge < -0.3 is 5.11 Å². The zero-order chi connectivity index (χ0) is 12.5. The Bertz CT molecular complexity index is 304. The predicted octanol–water partition coefficient (Wildman–Crippen LogP) is 3.52. The summed E-state index contributed by atoms with van der Waals surface area (Å²) in [6.07, 6.45) is 4.85. The van der Waals surface area contributed by atoms with Crippen molar-refractivity contribution >= 4 is 42.1 Å². The minimum absolute atomic E-state index is 0.304. The van der Waals surface area contributed by atoms with E-state index in [0.29, 0.717) is 21.2 Å². The van der Waals surface area contributed by atoms with Gasteiger partial charge in [-0.25, -0.2) is 0 Å². The van der Waals surface area contributed by atoms with Crippen molar-refractivity contribution in [3.63, 3.8) is 0 Å². The third-order valence-corrected chi connectivity index (χ3v) is 8.88. The van der Waals surface area contributed by atoms with E-state index in [2.05, 4.69) is 43.1 Å². The molecule has 0 aromatic heterocycles. The van der Waals surface area contributed by atoms with Gasteiger partial charge in [0.2, 0.25) is 0 Å². The fourth-order valence-corrected chi connectivity index (χ4v) is 7.81. The normalized spacial score (nSPS) is 41.2. The molecule has 2 fully saturated rings. The molecule has 2 aliphatic rings. The molecule has 3 unspecified atom stereocenters. The first-order valence-corrected chi connectivity index (χ1v) is 8.63. The summed E-state index contributed by atoms with van der Waals surface area (Å²) in [4.78, 5) is 10.8. The molecule has 1 aliphatic heterocycles. The Hall–Kier alpha value is 0.520. The van der Waals surface area contributed by atoms with Crippen molar-refractivity contribution in [1.82, 2.24) is 0 Å². The summed E-state index contributed by atoms with van der Waals surface area (Å²) in [6.45, 7) is 2.24. The maximum atomic E-state index is 10.8. The van der Waals surface area contributed by atoms with E-state index in [-0.39, 0.29) is 0 Å². The van der Waals surface area contributed by atoms with Crippen molar-refractivity contribution in [2.75, 3.05) is 11.5 Å². The van der Waals surface area contributed by atoms with Gasteiger partial charge in [-0.1, -0.05) is 6.92 Å². The van der Waals surface area contributed by atoms with Gasteiger partial charge >= 0.3 is 5.97 Å². The second-order valence-corrected chi connectivity index (χ2v) is 8.99. The molecule has 2 rings (SSSR count). The largest absolute Gasteiger partial charge is 0.481 e. The SMILES string of the molecule is CCC1(CS)CSC2(CCC(CC(=O)O)C2)S1. The van der Waals surface area contributed by atoms with Crippen molar-refractivity contribution in [2.24, 2.45) is 5.92 Å². The molecule has 3 atom stereocenters. The van der Waals surface area contributed by atoms with E-state index in [1.54, 1.807) is 0 Å². The number of rotatable bonds is 4. The summed E-state index contributed by atoms with van der Waals surface area (Å²) in [5.74, 6) is 1.86. The molecule has 0 bridgehead atoms. The van der Waals surface area contributed by atoms with Crippen molar-refractivity contribution in [2.45, 2.75) is 47.9 Å². The summed E-state index contributed by atoms with van der Waals surface area (Å²) < 4.78 is 0.630. The van der Waals surface area contributed by atoms with Gasteiger partial charge in [0, 0.05) is 22.7 Å². The molecule has 1 saturated carbocycles. The molecule has 1 heterocycles. The lowest BCUT2D eigenvalue weighted by atomic mass is 10.1. The molecule has 1 aliphatic carbocycles. The Morgan fingerprint density at radius 1 is 1.59 bits per heavy atom. The minimum Gasteiger partial charge on any atom is -0.481 e. The summed E-state index contributed by atoms with van der Waals surface area (Å²) in [5, 5.41) is 8.87. The fourth-order valence-electron chi connectivity index (χ4n) is 2.79. The third kappa shape index (κ3) is 2.92. The monoisotopic (exact) mass is 292 g/mol. The minimum atomic E-state index is -0.643. The van der Waals surface area contributed by atoms with E-state index in [4.69, 9.17) is 5.11 Å². The zero-order valence-corrected chi connectivity index (χ0v) is 12.7. The van der Waals surface area contributed by atoms with Gasteiger partial charge in [-0.15, -0.1) is 23.5 Å². The van der Waals surface area contributed by atoms with Crippen molar-refractivity contribution in [1.29, 1.82) is 0 Å². The molecule has 17 heavy (non-hydrogen) atoms. The highest BCUT2D eigenvalue weighted by molar-refractivity contribution is 8.22. The van der Waals surface area contributed by atoms with Crippen LogP contribution in [0.1, 0.15) is 39.0 Å². The van der Waals surface area contributed by atoms with E-state index in [1.165, 1.54) is 18.6 Å². The van der Waals surface area contributed by atoms with Gasteiger partial charge in [0.05, 0.1) is 4.08 Å². The van der Waals surface area contributed by atoms with E-state index < -0.39 is 5.97 Å². The number of thiol groups is 1. The van der Waals surface area contributed by atoms with Crippen LogP contribution in [0, 0.1) is 5.92 Å². The first-order valence-electron chi connectivity index (χ1n) is 6.20. The average molecular weight is 292 g/mol. The second-order valence-electron chi connectivity index (χ2n) is 5.20. The summed E-state index contributed by atoms with van der Waals surface area (Å²) in [7, 11) is 0. The van der Waals surface area contributed by atoms with Crippen LogP contribution in [0.25, 0.3) is 0 Å². The number of aliphatic carboxylic acids is 1. The Morgan fingerprint density at radius 3 is 2.88 bits per heavy atom. The number of hydrogen-bond donors (Lipinski definition) is 2. The van der Waals surface area contributed by atoms with Gasteiger partial charge in [0.25, 0.3) is 0 Å². The van der Waals surface area contributed by atoms with Crippen molar-refractivity contribution in [3.05, 3.63) is 0 Å². The van der Waals surface area contributed by atoms with Gasteiger partial charge in [0.15, 0.2) is 0 Å². The van der Waals surface area contributed by atoms with Crippen molar-refractivity contribution < 1.29 is 9.90 Å². The van der Waals surface area contributed by atoms with Crippen LogP contribution < -0.4 is 0 Å². The molecule has 0 aromatic rings. The summed E-state index contributed by atoms with van der Waals surface area (Å²) in [6, 6.07) is 0. The van der Waals surface area contributed by atoms with Crippen molar-refractivity contribution in [3.8, 4) is 0 Å². The van der Waals surface area contributed by atoms with Crippen LogP contribution in [0.4, 0.5) is 0 Å². The first kappa shape index (κ1) is 13.9. The van der Waals surface area contributed by atoms with E-state index in [9.17, 15) is 4.79 Å². The highest BCUT2D eigenvalue weighted by atomic mass is 32.2. The highest BCUT2D eigenvalue weighted by Crippen LogP contribution is 2.63. The van der Waals surface area contributed by atoms with Crippen LogP contribution in [0.15, 0.2) is 0 Å². The Balaban J connectivity index is 1.98. The Labute approximate surface area is 117 Å². The maximum Gasteiger partial charge on any atom is 0.303 e. The molecule has 0 aromatic carbocycles. The van der Waals surface area contributed by atoms with Crippen LogP contribution in [0.3, 0.4) is 0 Å². The molecule has 1 N–H and O–H groups in total. The second kappa shape index (κ2) is 5.25. The number of hydrogen-bond acceptors (Lipinski definition) is 4. The highest BCUT2D eigenvalue weighted by Gasteiger charge is 2.51. The number of carboxylic acids is 1. The smallest absolute Gasteiger partial charge is 0.303 e. The molecule has 1 saturated heterocycles. The lowest BCUT2D eigenvalue weighted by Gasteiger charge is -2.28. The average Bonchev–Trinajstić information content (AvgIpc) is 2.84. The molecule has 98 valence electrons. The van der Waals surface area contributed by atoms with Gasteiger partial charge in [-0.2, -0.15) is 12.6 Å². The third-order valence-electron chi connectivity index (χ3n) is 3.93. The topological polar surface area (TPSA) is 37.3 Å². The van der Waals surface area contributed by atoms with E-state index in [0.717, 1.165) is 18.6 Å². The lowest BCUT2D eigenvalue weighted by Crippen LogP contribution is -2.27. The van der Waals surface area contributed by atoms with Crippen LogP contribution in [-0.2, 0) is 4.79 Å². The molecule has 5 heteroatoms. The van der Waals surface area contributed by atoms with Crippen LogP contribution >= 0.6 is 36.2 Å². The van der Waals surface area contributed by atoms with E-state index in [1.807, 2.05) is 0 Å². The first-order chi connectivity index (χ1) is 8.03. The number of thioether (sulfide) groups is 2. The Kier molecular flexibility index (Phi) is 4.31. The summed E-state index contributed by atoms with van der Waals surface area (Å²) in [5.41, 5.74) is 0. The maximum absolute atomic E-state index is 10.8. The van der Waals surface area contributed by atoms with E-state index >= 15 is 0 Å². The van der Waals surface area contributed by atoms with Crippen LogP contribution in [0.2, 0.25) is 0 Å². The van der Waals surface area contributed by atoms with Gasteiger partial charge in [-0.05, 0) is 31.6 Å². The molecular formula is C12H20O2S3.